The van der Waals surface area contributed by atoms with E-state index in [1.165, 1.54) is 4.90 Å². The van der Waals surface area contributed by atoms with Gasteiger partial charge < -0.3 is 15.0 Å². The third kappa shape index (κ3) is 8.46. The molecule has 0 radical (unpaired) electrons. The van der Waals surface area contributed by atoms with E-state index in [-0.39, 0.29) is 25.5 Å². The zero-order valence-corrected chi connectivity index (χ0v) is 21.2. The standard InChI is InChI=1S/C25H35N3O5S/c1-5-6-16-26-25(30)20(2)28(18-22-12-14-23(33-3)15-13-22)24(29)19-27(34(4,31)32)17-21-10-8-7-9-11-21/h7-15,20H,5-6,16-19H2,1-4H3,(H,26,30)/t20-/m0/s1. The molecule has 2 amide bonds. The number of benzene rings is 2. The molecule has 0 bridgehead atoms. The fraction of sp³-hybridized carbons (Fsp3) is 0.440. The molecule has 0 unspecified atom stereocenters. The first-order valence-corrected chi connectivity index (χ1v) is 13.2. The van der Waals surface area contributed by atoms with Gasteiger partial charge in [-0.25, -0.2) is 8.42 Å². The van der Waals surface area contributed by atoms with Crippen molar-refractivity contribution in [3.8, 4) is 5.75 Å². The Morgan fingerprint density at radius 1 is 1.00 bits per heavy atom. The van der Waals surface area contributed by atoms with Crippen LogP contribution in [0.1, 0.15) is 37.8 Å². The zero-order chi connectivity index (χ0) is 25.1. The lowest BCUT2D eigenvalue weighted by Gasteiger charge is -2.31. The van der Waals surface area contributed by atoms with E-state index in [0.717, 1.165) is 34.5 Å². The molecule has 1 atom stereocenters. The largest absolute Gasteiger partial charge is 0.497 e. The quantitative estimate of drug-likeness (QED) is 0.437. The third-order valence-corrected chi connectivity index (χ3v) is 6.69. The van der Waals surface area contributed by atoms with Gasteiger partial charge in [-0.2, -0.15) is 4.31 Å². The van der Waals surface area contributed by atoms with Crippen LogP contribution in [-0.2, 0) is 32.7 Å². The van der Waals surface area contributed by atoms with Crippen LogP contribution < -0.4 is 10.1 Å². The van der Waals surface area contributed by atoms with Crippen molar-refractivity contribution >= 4 is 21.8 Å². The highest BCUT2D eigenvalue weighted by Gasteiger charge is 2.29. The number of hydrogen-bond donors (Lipinski definition) is 1. The van der Waals surface area contributed by atoms with Crippen molar-refractivity contribution < 1.29 is 22.7 Å². The molecule has 9 heteroatoms. The Balaban J connectivity index is 2.26. The monoisotopic (exact) mass is 489 g/mol. The van der Waals surface area contributed by atoms with E-state index in [4.69, 9.17) is 4.74 Å². The smallest absolute Gasteiger partial charge is 0.242 e. The van der Waals surface area contributed by atoms with Crippen molar-refractivity contribution in [3.05, 3.63) is 65.7 Å². The maximum absolute atomic E-state index is 13.4. The molecular formula is C25H35N3O5S. The van der Waals surface area contributed by atoms with Gasteiger partial charge in [0.1, 0.15) is 11.8 Å². The lowest BCUT2D eigenvalue weighted by atomic mass is 10.1. The average Bonchev–Trinajstić information content (AvgIpc) is 2.82. The van der Waals surface area contributed by atoms with E-state index in [2.05, 4.69) is 5.32 Å². The normalized spacial score (nSPS) is 12.3. The van der Waals surface area contributed by atoms with Gasteiger partial charge in [-0.1, -0.05) is 55.8 Å². The summed E-state index contributed by atoms with van der Waals surface area (Å²) in [6.45, 7) is 4.07. The minimum Gasteiger partial charge on any atom is -0.497 e. The Bertz CT molecular complexity index is 1030. The molecule has 0 aliphatic heterocycles. The summed E-state index contributed by atoms with van der Waals surface area (Å²) in [4.78, 5) is 27.6. The number of nitrogens with zero attached hydrogens (tertiary/aromatic N) is 2. The van der Waals surface area contributed by atoms with Crippen molar-refractivity contribution in [2.75, 3.05) is 26.5 Å². The second-order valence-electron chi connectivity index (χ2n) is 8.21. The summed E-state index contributed by atoms with van der Waals surface area (Å²) in [5.74, 6) is -0.0438. The molecule has 8 nitrogen and oxygen atoms in total. The van der Waals surface area contributed by atoms with Gasteiger partial charge in [0.15, 0.2) is 0 Å². The predicted octanol–water partition coefficient (Wildman–Crippen LogP) is 2.79. The van der Waals surface area contributed by atoms with Gasteiger partial charge in [0.05, 0.1) is 19.9 Å². The Hall–Kier alpha value is -2.91. The van der Waals surface area contributed by atoms with Gasteiger partial charge in [0.2, 0.25) is 21.8 Å². The summed E-state index contributed by atoms with van der Waals surface area (Å²) in [6.07, 6.45) is 2.85. The van der Waals surface area contributed by atoms with Crippen LogP contribution in [0.3, 0.4) is 0 Å². The molecule has 0 aliphatic carbocycles. The van der Waals surface area contributed by atoms with Crippen LogP contribution in [0.5, 0.6) is 5.75 Å². The van der Waals surface area contributed by atoms with Crippen LogP contribution in [0.4, 0.5) is 0 Å². The number of carbonyl (C=O) groups excluding carboxylic acids is 2. The summed E-state index contributed by atoms with van der Waals surface area (Å²) in [7, 11) is -2.10. The number of hydrogen-bond acceptors (Lipinski definition) is 5. The molecule has 34 heavy (non-hydrogen) atoms. The molecule has 0 heterocycles. The van der Waals surface area contributed by atoms with E-state index >= 15 is 0 Å². The second kappa shape index (κ2) is 13.1. The Kier molecular flexibility index (Phi) is 10.5. The minimum absolute atomic E-state index is 0.0683. The van der Waals surface area contributed by atoms with Crippen molar-refractivity contribution in [3.63, 3.8) is 0 Å². The molecule has 2 aromatic carbocycles. The molecule has 0 saturated carbocycles. The fourth-order valence-electron chi connectivity index (χ4n) is 3.37. The first-order chi connectivity index (χ1) is 16.2. The maximum Gasteiger partial charge on any atom is 0.242 e. The second-order valence-corrected chi connectivity index (χ2v) is 10.2. The molecule has 0 aromatic heterocycles. The van der Waals surface area contributed by atoms with E-state index in [1.54, 1.807) is 26.2 Å². The van der Waals surface area contributed by atoms with Crippen molar-refractivity contribution in [1.29, 1.82) is 0 Å². The van der Waals surface area contributed by atoms with Gasteiger partial charge in [-0.15, -0.1) is 0 Å². The molecule has 0 aliphatic rings. The van der Waals surface area contributed by atoms with Crippen LogP contribution in [0.2, 0.25) is 0 Å². The first kappa shape index (κ1) is 27.3. The first-order valence-electron chi connectivity index (χ1n) is 11.3. The van der Waals surface area contributed by atoms with Crippen LogP contribution in [-0.4, -0.2) is 61.9 Å². The number of methoxy groups -OCH3 is 1. The van der Waals surface area contributed by atoms with Crippen molar-refractivity contribution in [2.24, 2.45) is 0 Å². The molecule has 0 fully saturated rings. The van der Waals surface area contributed by atoms with Gasteiger partial charge in [0, 0.05) is 19.6 Å². The van der Waals surface area contributed by atoms with E-state index in [9.17, 15) is 18.0 Å². The number of nitrogens with one attached hydrogen (secondary N) is 1. The zero-order valence-electron chi connectivity index (χ0n) is 20.4. The Morgan fingerprint density at radius 2 is 1.62 bits per heavy atom. The number of amides is 2. The van der Waals surface area contributed by atoms with Gasteiger partial charge in [-0.05, 0) is 36.6 Å². The third-order valence-electron chi connectivity index (χ3n) is 5.49. The fourth-order valence-corrected chi connectivity index (χ4v) is 4.09. The van der Waals surface area contributed by atoms with E-state index < -0.39 is 22.0 Å². The summed E-state index contributed by atoms with van der Waals surface area (Å²) in [6, 6.07) is 15.5. The maximum atomic E-state index is 13.4. The highest BCUT2D eigenvalue weighted by molar-refractivity contribution is 7.88. The highest BCUT2D eigenvalue weighted by Crippen LogP contribution is 2.16. The van der Waals surface area contributed by atoms with Crippen LogP contribution >= 0.6 is 0 Å². The Morgan fingerprint density at radius 3 is 2.18 bits per heavy atom. The average molecular weight is 490 g/mol. The summed E-state index contributed by atoms with van der Waals surface area (Å²) in [5.41, 5.74) is 1.57. The van der Waals surface area contributed by atoms with Crippen LogP contribution in [0, 0.1) is 0 Å². The molecule has 0 spiro atoms. The van der Waals surface area contributed by atoms with E-state index in [0.29, 0.717) is 12.3 Å². The summed E-state index contributed by atoms with van der Waals surface area (Å²) < 4.78 is 31.2. The van der Waals surface area contributed by atoms with Crippen molar-refractivity contribution in [2.45, 2.75) is 45.8 Å². The number of ether oxygens (including phenoxy) is 1. The van der Waals surface area contributed by atoms with Gasteiger partial charge in [-0.3, -0.25) is 9.59 Å². The number of sulfonamides is 1. The predicted molar refractivity (Wildman–Crippen MR) is 133 cm³/mol. The lowest BCUT2D eigenvalue weighted by Crippen LogP contribution is -2.51. The summed E-state index contributed by atoms with van der Waals surface area (Å²) >= 11 is 0. The van der Waals surface area contributed by atoms with Crippen LogP contribution in [0.15, 0.2) is 54.6 Å². The number of unbranched alkanes of at least 4 members (excludes halogenated alkanes) is 1. The number of carbonyl (C=O) groups is 2. The van der Waals surface area contributed by atoms with Crippen molar-refractivity contribution in [1.82, 2.24) is 14.5 Å². The molecule has 0 saturated heterocycles. The SMILES string of the molecule is CCCCNC(=O)[C@H](C)N(Cc1ccc(OC)cc1)C(=O)CN(Cc1ccccc1)S(C)(=O)=O. The lowest BCUT2D eigenvalue weighted by molar-refractivity contribution is -0.140. The van der Waals surface area contributed by atoms with E-state index in [1.807, 2.05) is 49.4 Å². The van der Waals surface area contributed by atoms with Gasteiger partial charge >= 0.3 is 0 Å². The topological polar surface area (TPSA) is 96.0 Å². The highest BCUT2D eigenvalue weighted by atomic mass is 32.2. The molecule has 2 rings (SSSR count). The Labute approximate surface area is 202 Å². The number of rotatable bonds is 13. The molecule has 186 valence electrons. The summed E-state index contributed by atoms with van der Waals surface area (Å²) in [5, 5.41) is 2.86. The molecular weight excluding hydrogens is 454 g/mol. The van der Waals surface area contributed by atoms with Crippen LogP contribution in [0.25, 0.3) is 0 Å². The minimum atomic E-state index is -3.67. The van der Waals surface area contributed by atoms with Gasteiger partial charge in [0.25, 0.3) is 0 Å². The molecule has 2 aromatic rings. The molecule has 1 N–H and O–H groups in total.